The molecule has 1 heterocycles. The molecule has 0 saturated carbocycles. The van der Waals surface area contributed by atoms with Gasteiger partial charge in [-0.2, -0.15) is 0 Å². The van der Waals surface area contributed by atoms with Crippen LogP contribution in [0.4, 0.5) is 5.69 Å². The Morgan fingerprint density at radius 2 is 2.00 bits per heavy atom. The molecular weight excluding hydrogens is 254 g/mol. The Bertz CT molecular complexity index is 690. The predicted molar refractivity (Wildman–Crippen MR) is 82.1 cm³/mol. The van der Waals surface area contributed by atoms with Crippen molar-refractivity contribution in [3.05, 3.63) is 59.5 Å². The molecule has 0 bridgehead atoms. The highest BCUT2D eigenvalue weighted by atomic mass is 32.1. The summed E-state index contributed by atoms with van der Waals surface area (Å²) in [4.78, 5) is 0. The van der Waals surface area contributed by atoms with Gasteiger partial charge in [0.05, 0.1) is 7.11 Å². The fourth-order valence-electron chi connectivity index (χ4n) is 2.12. The van der Waals surface area contributed by atoms with Crippen molar-refractivity contribution in [3.63, 3.8) is 0 Å². The monoisotopic (exact) mass is 269 g/mol. The van der Waals surface area contributed by atoms with Crippen LogP contribution < -0.4 is 10.1 Å². The summed E-state index contributed by atoms with van der Waals surface area (Å²) < 4.78 is 6.68. The van der Waals surface area contributed by atoms with E-state index in [0.29, 0.717) is 0 Å². The fraction of sp³-hybridized carbons (Fsp3) is 0.125. The molecule has 1 N–H and O–H groups in total. The van der Waals surface area contributed by atoms with Crippen molar-refractivity contribution in [2.75, 3.05) is 12.4 Å². The average molecular weight is 269 g/mol. The first kappa shape index (κ1) is 12.1. The normalized spacial score (nSPS) is 10.6. The molecule has 0 radical (unpaired) electrons. The molecule has 3 heteroatoms. The van der Waals surface area contributed by atoms with Gasteiger partial charge in [-0.25, -0.2) is 0 Å². The predicted octanol–water partition coefficient (Wildman–Crippen LogP) is 4.52. The Morgan fingerprint density at radius 1 is 1.11 bits per heavy atom. The minimum atomic E-state index is 0.764. The molecule has 0 aliphatic carbocycles. The van der Waals surface area contributed by atoms with E-state index < -0.39 is 0 Å². The summed E-state index contributed by atoms with van der Waals surface area (Å²) in [6.07, 6.45) is 0. The molecule has 0 amide bonds. The van der Waals surface area contributed by atoms with Crippen LogP contribution in [0.15, 0.2) is 53.9 Å². The lowest BCUT2D eigenvalue weighted by molar-refractivity contribution is 0.410. The summed E-state index contributed by atoms with van der Waals surface area (Å²) in [5, 5.41) is 6.85. The van der Waals surface area contributed by atoms with Crippen LogP contribution in [0.25, 0.3) is 10.1 Å². The van der Waals surface area contributed by atoms with Crippen molar-refractivity contribution in [1.82, 2.24) is 0 Å². The second kappa shape index (κ2) is 5.33. The van der Waals surface area contributed by atoms with E-state index >= 15 is 0 Å². The quantitative estimate of drug-likeness (QED) is 0.751. The molecule has 3 aromatic rings. The molecular formula is C16H15NOS. The lowest BCUT2D eigenvalue weighted by Gasteiger charge is -2.10. The van der Waals surface area contributed by atoms with E-state index in [4.69, 9.17) is 4.74 Å². The van der Waals surface area contributed by atoms with E-state index in [0.717, 1.165) is 23.5 Å². The zero-order valence-corrected chi connectivity index (χ0v) is 11.5. The summed E-state index contributed by atoms with van der Waals surface area (Å²) in [5.41, 5.74) is 2.30. The molecule has 1 aromatic heterocycles. The van der Waals surface area contributed by atoms with Gasteiger partial charge < -0.3 is 10.1 Å². The third-order valence-electron chi connectivity index (χ3n) is 3.13. The second-order valence-electron chi connectivity index (χ2n) is 4.34. The number of fused-ring (bicyclic) bond motifs is 1. The molecule has 96 valence electrons. The molecule has 19 heavy (non-hydrogen) atoms. The van der Waals surface area contributed by atoms with Crippen molar-refractivity contribution in [3.8, 4) is 5.75 Å². The number of thiophene rings is 1. The van der Waals surface area contributed by atoms with E-state index in [1.54, 1.807) is 18.4 Å². The molecule has 2 nitrogen and oxygen atoms in total. The first-order chi connectivity index (χ1) is 9.36. The minimum Gasteiger partial charge on any atom is -0.496 e. The summed E-state index contributed by atoms with van der Waals surface area (Å²) in [7, 11) is 1.70. The van der Waals surface area contributed by atoms with Gasteiger partial charge in [0.25, 0.3) is 0 Å². The number of benzene rings is 2. The minimum absolute atomic E-state index is 0.764. The molecule has 0 saturated heterocycles. The van der Waals surface area contributed by atoms with Gasteiger partial charge in [-0.05, 0) is 41.1 Å². The molecule has 0 fully saturated rings. The molecule has 0 aliphatic heterocycles. The molecule has 0 atom stereocenters. The van der Waals surface area contributed by atoms with Gasteiger partial charge >= 0.3 is 0 Å². The Hall–Kier alpha value is -2.00. The van der Waals surface area contributed by atoms with Gasteiger partial charge in [0.1, 0.15) is 5.75 Å². The molecule has 0 unspecified atom stereocenters. The van der Waals surface area contributed by atoms with Crippen LogP contribution in [0.2, 0.25) is 0 Å². The maximum Gasteiger partial charge on any atom is 0.123 e. The lowest BCUT2D eigenvalue weighted by Crippen LogP contribution is -2.01. The lowest BCUT2D eigenvalue weighted by atomic mass is 10.2. The number of anilines is 1. The average Bonchev–Trinajstić information content (AvgIpc) is 2.93. The SMILES string of the molecule is COc1ccccc1CNc1ccc2sccc2c1. The first-order valence-electron chi connectivity index (χ1n) is 6.20. The van der Waals surface area contributed by atoms with E-state index in [1.807, 2.05) is 18.2 Å². The molecule has 0 spiro atoms. The van der Waals surface area contributed by atoms with Crippen LogP contribution in [0.1, 0.15) is 5.56 Å². The number of hydrogen-bond donors (Lipinski definition) is 1. The Labute approximate surface area is 116 Å². The van der Waals surface area contributed by atoms with Gasteiger partial charge in [0, 0.05) is 22.5 Å². The maximum atomic E-state index is 5.35. The number of hydrogen-bond acceptors (Lipinski definition) is 3. The highest BCUT2D eigenvalue weighted by Crippen LogP contribution is 2.25. The zero-order chi connectivity index (χ0) is 13.1. The van der Waals surface area contributed by atoms with E-state index in [1.165, 1.54) is 10.1 Å². The third-order valence-corrected chi connectivity index (χ3v) is 4.03. The van der Waals surface area contributed by atoms with Gasteiger partial charge in [0.2, 0.25) is 0 Å². The zero-order valence-electron chi connectivity index (χ0n) is 10.7. The smallest absolute Gasteiger partial charge is 0.123 e. The Balaban J connectivity index is 1.78. The molecule has 0 aliphatic rings. The van der Waals surface area contributed by atoms with Crippen molar-refractivity contribution < 1.29 is 4.74 Å². The van der Waals surface area contributed by atoms with Crippen LogP contribution >= 0.6 is 11.3 Å². The van der Waals surface area contributed by atoms with Crippen LogP contribution in [-0.4, -0.2) is 7.11 Å². The number of para-hydroxylation sites is 1. The Morgan fingerprint density at radius 3 is 2.89 bits per heavy atom. The summed E-state index contributed by atoms with van der Waals surface area (Å²) >= 11 is 1.77. The van der Waals surface area contributed by atoms with Crippen molar-refractivity contribution in [2.45, 2.75) is 6.54 Å². The van der Waals surface area contributed by atoms with Crippen LogP contribution in [0.3, 0.4) is 0 Å². The number of ether oxygens (including phenoxy) is 1. The van der Waals surface area contributed by atoms with Crippen LogP contribution in [0, 0.1) is 0 Å². The van der Waals surface area contributed by atoms with Crippen molar-refractivity contribution >= 4 is 27.1 Å². The maximum absolute atomic E-state index is 5.35. The number of rotatable bonds is 4. The van der Waals surface area contributed by atoms with Gasteiger partial charge in [-0.1, -0.05) is 18.2 Å². The number of methoxy groups -OCH3 is 1. The summed E-state index contributed by atoms with van der Waals surface area (Å²) in [5.74, 6) is 0.923. The van der Waals surface area contributed by atoms with E-state index in [-0.39, 0.29) is 0 Å². The Kier molecular flexibility index (Phi) is 3.38. The fourth-order valence-corrected chi connectivity index (χ4v) is 2.89. The largest absolute Gasteiger partial charge is 0.496 e. The molecule has 2 aromatic carbocycles. The summed E-state index contributed by atoms with van der Waals surface area (Å²) in [6.45, 7) is 0.764. The summed E-state index contributed by atoms with van der Waals surface area (Å²) in [6, 6.07) is 16.7. The van der Waals surface area contributed by atoms with Crippen LogP contribution in [0.5, 0.6) is 5.75 Å². The van der Waals surface area contributed by atoms with Crippen LogP contribution in [-0.2, 0) is 6.54 Å². The highest BCUT2D eigenvalue weighted by molar-refractivity contribution is 7.17. The third kappa shape index (κ3) is 2.56. The highest BCUT2D eigenvalue weighted by Gasteiger charge is 2.02. The van der Waals surface area contributed by atoms with Gasteiger partial charge in [-0.3, -0.25) is 0 Å². The van der Waals surface area contributed by atoms with Crippen molar-refractivity contribution in [2.24, 2.45) is 0 Å². The number of nitrogens with one attached hydrogen (secondary N) is 1. The van der Waals surface area contributed by atoms with Gasteiger partial charge in [-0.15, -0.1) is 11.3 Å². The van der Waals surface area contributed by atoms with E-state index in [2.05, 4.69) is 41.0 Å². The van der Waals surface area contributed by atoms with E-state index in [9.17, 15) is 0 Å². The standard InChI is InChI=1S/C16H15NOS/c1-18-15-5-3-2-4-13(15)11-17-14-6-7-16-12(10-14)8-9-19-16/h2-10,17H,11H2,1H3. The van der Waals surface area contributed by atoms with Crippen molar-refractivity contribution in [1.29, 1.82) is 0 Å². The molecule has 3 rings (SSSR count). The second-order valence-corrected chi connectivity index (χ2v) is 5.29. The first-order valence-corrected chi connectivity index (χ1v) is 7.08. The topological polar surface area (TPSA) is 21.3 Å². The van der Waals surface area contributed by atoms with Gasteiger partial charge in [0.15, 0.2) is 0 Å².